The molecule has 0 spiro atoms. The maximum Gasteiger partial charge on any atom is 0.357 e. The van der Waals surface area contributed by atoms with Gasteiger partial charge in [-0.1, -0.05) is 13.8 Å². The smallest absolute Gasteiger partial charge is 0.357 e. The maximum absolute atomic E-state index is 13.3. The zero-order valence-electron chi connectivity index (χ0n) is 18.2. The highest BCUT2D eigenvalue weighted by atomic mass is 16.6. The molecule has 1 amide bonds. The molecule has 156 valence electrons. The number of amides is 1. The van der Waals surface area contributed by atoms with E-state index in [4.69, 9.17) is 4.74 Å². The van der Waals surface area contributed by atoms with Gasteiger partial charge in [-0.05, 0) is 71.8 Å². The number of hydrogen-bond donors (Lipinski definition) is 1. The van der Waals surface area contributed by atoms with Crippen LogP contribution in [0.3, 0.4) is 0 Å². The number of nitrogens with zero attached hydrogens (tertiary/aromatic N) is 1. The Morgan fingerprint density at radius 2 is 1.75 bits per heavy atom. The van der Waals surface area contributed by atoms with Crippen LogP contribution in [0.5, 0.6) is 0 Å². The second-order valence-corrected chi connectivity index (χ2v) is 10.1. The molecule has 1 fully saturated rings. The lowest BCUT2D eigenvalue weighted by Gasteiger charge is -2.41. The predicted molar refractivity (Wildman–Crippen MR) is 109 cm³/mol. The van der Waals surface area contributed by atoms with Crippen molar-refractivity contribution in [2.75, 3.05) is 4.90 Å². The molecular formula is C22H34N2O4. The van der Waals surface area contributed by atoms with Gasteiger partial charge in [-0.25, -0.2) is 4.79 Å². The second kappa shape index (κ2) is 7.72. The largest absolute Gasteiger partial charge is 0.455 e. The zero-order chi connectivity index (χ0) is 21.3. The number of hydrogen-bond acceptors (Lipinski definition) is 4. The van der Waals surface area contributed by atoms with Gasteiger partial charge in [-0.2, -0.15) is 0 Å². The standard InChI is InChI=1S/C22H34N2O4/c1-20(2,3)28-18(26)17-16(10-13-23-17)24(19(27)22(6,7)14-25)15-8-11-21(4,5)12-9-15/h10,13-15,23H,8-9,11-12H2,1-7H3. The number of carbonyl (C=O) groups excluding carboxylic acids is 3. The molecule has 2 rings (SSSR count). The molecule has 0 unspecified atom stereocenters. The molecule has 1 N–H and O–H groups in total. The summed E-state index contributed by atoms with van der Waals surface area (Å²) in [4.78, 5) is 42.2. The van der Waals surface area contributed by atoms with Crippen LogP contribution in [0.15, 0.2) is 12.3 Å². The molecule has 1 aromatic rings. The summed E-state index contributed by atoms with van der Waals surface area (Å²) in [6.07, 6.45) is 5.92. The van der Waals surface area contributed by atoms with E-state index in [-0.39, 0.29) is 23.1 Å². The van der Waals surface area contributed by atoms with E-state index in [0.717, 1.165) is 25.7 Å². The lowest BCUT2D eigenvalue weighted by molar-refractivity contribution is -0.132. The molecule has 0 aliphatic heterocycles. The molecule has 1 heterocycles. The highest BCUT2D eigenvalue weighted by molar-refractivity contribution is 6.09. The van der Waals surface area contributed by atoms with Gasteiger partial charge >= 0.3 is 5.97 Å². The number of aromatic nitrogens is 1. The van der Waals surface area contributed by atoms with Gasteiger partial charge < -0.3 is 19.4 Å². The Bertz CT molecular complexity index is 730. The molecule has 6 nitrogen and oxygen atoms in total. The molecule has 0 radical (unpaired) electrons. The Kier molecular flexibility index (Phi) is 6.12. The van der Waals surface area contributed by atoms with Gasteiger partial charge in [0, 0.05) is 12.2 Å². The first-order valence-electron chi connectivity index (χ1n) is 9.98. The van der Waals surface area contributed by atoms with Crippen molar-refractivity contribution < 1.29 is 19.1 Å². The Morgan fingerprint density at radius 1 is 1.18 bits per heavy atom. The topological polar surface area (TPSA) is 79.5 Å². The lowest BCUT2D eigenvalue weighted by atomic mass is 9.75. The monoisotopic (exact) mass is 390 g/mol. The Morgan fingerprint density at radius 3 is 2.25 bits per heavy atom. The predicted octanol–water partition coefficient (Wildman–Crippen LogP) is 4.50. The normalized spacial score (nSPS) is 17.8. The summed E-state index contributed by atoms with van der Waals surface area (Å²) in [5.41, 5.74) is -0.855. The van der Waals surface area contributed by atoms with Crippen molar-refractivity contribution in [2.45, 2.75) is 85.8 Å². The van der Waals surface area contributed by atoms with Crippen LogP contribution >= 0.6 is 0 Å². The summed E-state index contributed by atoms with van der Waals surface area (Å²) in [7, 11) is 0. The summed E-state index contributed by atoms with van der Waals surface area (Å²) in [5.74, 6) is -0.804. The van der Waals surface area contributed by atoms with Gasteiger partial charge in [-0.15, -0.1) is 0 Å². The van der Waals surface area contributed by atoms with E-state index in [0.29, 0.717) is 12.0 Å². The number of nitrogens with one attached hydrogen (secondary N) is 1. The van der Waals surface area contributed by atoms with E-state index in [2.05, 4.69) is 18.8 Å². The SMILES string of the molecule is CC1(C)CCC(N(C(=O)C(C)(C)C=O)c2cc[nH]c2C(=O)OC(C)(C)C)CC1. The number of rotatable bonds is 5. The van der Waals surface area contributed by atoms with Gasteiger partial charge in [0.2, 0.25) is 5.91 Å². The van der Waals surface area contributed by atoms with Crippen LogP contribution in [0.2, 0.25) is 0 Å². The van der Waals surface area contributed by atoms with Gasteiger partial charge in [0.1, 0.15) is 17.6 Å². The van der Waals surface area contributed by atoms with Gasteiger partial charge in [0.25, 0.3) is 0 Å². The molecule has 1 aromatic heterocycles. The van der Waals surface area contributed by atoms with Crippen molar-refractivity contribution >= 4 is 23.9 Å². The van der Waals surface area contributed by atoms with Crippen LogP contribution in [-0.4, -0.2) is 34.8 Å². The van der Waals surface area contributed by atoms with Crippen LogP contribution in [-0.2, 0) is 14.3 Å². The van der Waals surface area contributed by atoms with Crippen LogP contribution in [0.1, 0.15) is 84.6 Å². The zero-order valence-corrected chi connectivity index (χ0v) is 18.2. The molecular weight excluding hydrogens is 356 g/mol. The quantitative estimate of drug-likeness (QED) is 0.456. The van der Waals surface area contributed by atoms with E-state index in [9.17, 15) is 14.4 Å². The lowest BCUT2D eigenvalue weighted by Crippen LogP contribution is -2.50. The minimum absolute atomic E-state index is 0.0586. The molecule has 1 saturated carbocycles. The molecule has 1 aliphatic rings. The van der Waals surface area contributed by atoms with E-state index >= 15 is 0 Å². The fourth-order valence-corrected chi connectivity index (χ4v) is 3.53. The summed E-state index contributed by atoms with van der Waals surface area (Å²) in [6.45, 7) is 13.1. The highest BCUT2D eigenvalue weighted by Crippen LogP contribution is 2.40. The summed E-state index contributed by atoms with van der Waals surface area (Å²) >= 11 is 0. The van der Waals surface area contributed by atoms with Crippen LogP contribution in [0, 0.1) is 10.8 Å². The van der Waals surface area contributed by atoms with Crippen LogP contribution in [0.25, 0.3) is 0 Å². The number of ether oxygens (including phenoxy) is 1. The van der Waals surface area contributed by atoms with Crippen molar-refractivity contribution in [3.8, 4) is 0 Å². The van der Waals surface area contributed by atoms with Crippen molar-refractivity contribution in [2.24, 2.45) is 10.8 Å². The van der Waals surface area contributed by atoms with Crippen molar-refractivity contribution in [1.29, 1.82) is 0 Å². The average Bonchev–Trinajstić information content (AvgIpc) is 3.04. The molecule has 0 atom stereocenters. The molecule has 28 heavy (non-hydrogen) atoms. The van der Waals surface area contributed by atoms with Crippen molar-refractivity contribution in [3.05, 3.63) is 18.0 Å². The Balaban J connectivity index is 2.44. The fourth-order valence-electron chi connectivity index (χ4n) is 3.53. The Labute approximate surface area is 168 Å². The van der Waals surface area contributed by atoms with Gasteiger partial charge in [0.05, 0.1) is 11.1 Å². The number of carbonyl (C=O) groups is 3. The van der Waals surface area contributed by atoms with Crippen molar-refractivity contribution in [3.63, 3.8) is 0 Å². The minimum Gasteiger partial charge on any atom is -0.455 e. The van der Waals surface area contributed by atoms with Crippen LogP contribution in [0.4, 0.5) is 5.69 Å². The number of H-pyrrole nitrogens is 1. The third-order valence-electron chi connectivity index (χ3n) is 5.33. The maximum atomic E-state index is 13.3. The van der Waals surface area contributed by atoms with E-state index in [1.165, 1.54) is 0 Å². The first kappa shape index (κ1) is 22.2. The molecule has 0 aromatic carbocycles. The Hall–Kier alpha value is -2.11. The third kappa shape index (κ3) is 5.03. The van der Waals surface area contributed by atoms with Gasteiger partial charge in [0.15, 0.2) is 0 Å². The fraction of sp³-hybridized carbons (Fsp3) is 0.682. The molecule has 0 saturated heterocycles. The first-order valence-corrected chi connectivity index (χ1v) is 9.98. The van der Waals surface area contributed by atoms with Crippen molar-refractivity contribution in [1.82, 2.24) is 4.98 Å². The summed E-state index contributed by atoms with van der Waals surface area (Å²) < 4.78 is 5.51. The number of aldehydes is 1. The number of anilines is 1. The van der Waals surface area contributed by atoms with E-state index < -0.39 is 17.0 Å². The number of esters is 1. The number of aromatic amines is 1. The van der Waals surface area contributed by atoms with Crippen LogP contribution < -0.4 is 4.90 Å². The second-order valence-electron chi connectivity index (χ2n) is 10.1. The average molecular weight is 391 g/mol. The first-order chi connectivity index (χ1) is 12.8. The summed E-state index contributed by atoms with van der Waals surface area (Å²) in [5, 5.41) is 0. The van der Waals surface area contributed by atoms with E-state index in [1.807, 2.05) is 0 Å². The minimum atomic E-state index is -1.17. The molecule has 0 bridgehead atoms. The molecule has 1 aliphatic carbocycles. The van der Waals surface area contributed by atoms with E-state index in [1.54, 1.807) is 51.8 Å². The summed E-state index contributed by atoms with van der Waals surface area (Å²) in [6, 6.07) is 1.66. The van der Waals surface area contributed by atoms with Gasteiger partial charge in [-0.3, -0.25) is 4.79 Å². The molecule has 6 heteroatoms. The third-order valence-corrected chi connectivity index (χ3v) is 5.33. The highest BCUT2D eigenvalue weighted by Gasteiger charge is 2.41.